The molecule has 1 N–H and O–H groups in total. The van der Waals surface area contributed by atoms with Crippen molar-refractivity contribution in [2.75, 3.05) is 5.32 Å². The molecule has 0 bridgehead atoms. The molecule has 2 rings (SSSR count). The van der Waals surface area contributed by atoms with Crippen LogP contribution in [0.4, 0.5) is 5.82 Å². The third-order valence-corrected chi connectivity index (χ3v) is 2.71. The van der Waals surface area contributed by atoms with Crippen molar-refractivity contribution in [2.45, 2.75) is 6.54 Å². The summed E-state index contributed by atoms with van der Waals surface area (Å²) >= 11 is 1.54. The van der Waals surface area contributed by atoms with E-state index in [9.17, 15) is 4.79 Å². The van der Waals surface area contributed by atoms with Crippen LogP contribution in [0.2, 0.25) is 0 Å². The molecule has 2 aromatic rings. The van der Waals surface area contributed by atoms with Crippen LogP contribution in [0.15, 0.2) is 28.9 Å². The zero-order valence-corrected chi connectivity index (χ0v) is 8.99. The quantitative estimate of drug-likeness (QED) is 0.836. The molecule has 0 spiro atoms. The van der Waals surface area contributed by atoms with E-state index in [0.717, 1.165) is 4.88 Å². The molecule has 0 saturated heterocycles. The summed E-state index contributed by atoms with van der Waals surface area (Å²) in [7, 11) is 1.70. The van der Waals surface area contributed by atoms with Crippen LogP contribution in [0.1, 0.15) is 4.88 Å². The zero-order valence-electron chi connectivity index (χ0n) is 8.17. The lowest BCUT2D eigenvalue weighted by Crippen LogP contribution is -2.21. The highest BCUT2D eigenvalue weighted by molar-refractivity contribution is 7.09. The number of aryl methyl sites for hydroxylation is 1. The normalized spacial score (nSPS) is 10.2. The maximum absolute atomic E-state index is 11.6. The third-order valence-electron chi connectivity index (χ3n) is 1.93. The molecule has 0 fully saturated rings. The predicted octanol–water partition coefficient (Wildman–Crippen LogP) is 0.849. The number of hydrogen-bond donors (Lipinski definition) is 1. The molecule has 5 nitrogen and oxygen atoms in total. The van der Waals surface area contributed by atoms with E-state index in [-0.39, 0.29) is 5.56 Å². The van der Waals surface area contributed by atoms with E-state index in [0.29, 0.717) is 12.4 Å². The van der Waals surface area contributed by atoms with Crippen LogP contribution in [0.3, 0.4) is 0 Å². The molecule has 0 unspecified atom stereocenters. The second-order valence-electron chi connectivity index (χ2n) is 3.01. The lowest BCUT2D eigenvalue weighted by molar-refractivity contribution is 0.839. The number of nitrogens with zero attached hydrogens (tertiary/aromatic N) is 3. The van der Waals surface area contributed by atoms with Gasteiger partial charge in [0.1, 0.15) is 0 Å². The van der Waals surface area contributed by atoms with Gasteiger partial charge in [-0.1, -0.05) is 0 Å². The van der Waals surface area contributed by atoms with Crippen molar-refractivity contribution in [1.82, 2.24) is 14.5 Å². The molecule has 15 heavy (non-hydrogen) atoms. The third kappa shape index (κ3) is 2.21. The molecule has 0 amide bonds. The zero-order chi connectivity index (χ0) is 10.7. The topological polar surface area (TPSA) is 59.8 Å². The lowest BCUT2D eigenvalue weighted by atomic mass is 10.5. The second kappa shape index (κ2) is 4.22. The number of anilines is 1. The Bertz CT molecular complexity index is 491. The van der Waals surface area contributed by atoms with Crippen molar-refractivity contribution in [1.29, 1.82) is 0 Å². The second-order valence-corrected chi connectivity index (χ2v) is 3.98. The Hall–Kier alpha value is -1.69. The Morgan fingerprint density at radius 1 is 1.60 bits per heavy atom. The van der Waals surface area contributed by atoms with Crippen LogP contribution >= 0.6 is 11.3 Å². The van der Waals surface area contributed by atoms with Crippen molar-refractivity contribution in [3.05, 3.63) is 39.3 Å². The van der Waals surface area contributed by atoms with E-state index < -0.39 is 0 Å². The summed E-state index contributed by atoms with van der Waals surface area (Å²) in [6, 6.07) is 0. The van der Waals surface area contributed by atoms with E-state index in [1.165, 1.54) is 4.57 Å². The summed E-state index contributed by atoms with van der Waals surface area (Å²) in [6.07, 6.45) is 4.99. The molecule has 2 heterocycles. The predicted molar refractivity (Wildman–Crippen MR) is 58.9 cm³/mol. The van der Waals surface area contributed by atoms with Gasteiger partial charge in [-0.2, -0.15) is 0 Å². The first kappa shape index (κ1) is 9.85. The fourth-order valence-electron chi connectivity index (χ4n) is 1.12. The highest BCUT2D eigenvalue weighted by Gasteiger charge is 2.02. The van der Waals surface area contributed by atoms with Crippen molar-refractivity contribution in [3.8, 4) is 0 Å². The number of nitrogens with one attached hydrogen (secondary N) is 1. The van der Waals surface area contributed by atoms with Gasteiger partial charge in [0.2, 0.25) is 0 Å². The monoisotopic (exact) mass is 222 g/mol. The van der Waals surface area contributed by atoms with Crippen LogP contribution in [0.25, 0.3) is 0 Å². The SMILES string of the molecule is Cn1ccnc(NCc2cncs2)c1=O. The Morgan fingerprint density at radius 3 is 3.20 bits per heavy atom. The smallest absolute Gasteiger partial charge is 0.293 e. The lowest BCUT2D eigenvalue weighted by Gasteiger charge is -2.03. The van der Waals surface area contributed by atoms with Gasteiger partial charge in [-0.25, -0.2) is 4.98 Å². The summed E-state index contributed by atoms with van der Waals surface area (Å²) < 4.78 is 1.49. The maximum atomic E-state index is 11.6. The fourth-order valence-corrected chi connectivity index (χ4v) is 1.65. The Morgan fingerprint density at radius 2 is 2.47 bits per heavy atom. The number of rotatable bonds is 3. The summed E-state index contributed by atoms with van der Waals surface area (Å²) in [4.78, 5) is 20.6. The average molecular weight is 222 g/mol. The van der Waals surface area contributed by atoms with E-state index in [1.807, 2.05) is 0 Å². The van der Waals surface area contributed by atoms with Crippen LogP contribution in [-0.2, 0) is 13.6 Å². The minimum atomic E-state index is -0.123. The van der Waals surface area contributed by atoms with Crippen molar-refractivity contribution < 1.29 is 0 Å². The molecule has 0 aromatic carbocycles. The summed E-state index contributed by atoms with van der Waals surface area (Å²) in [6.45, 7) is 0.580. The minimum Gasteiger partial charge on any atom is -0.361 e. The Kier molecular flexibility index (Phi) is 2.77. The van der Waals surface area contributed by atoms with Gasteiger partial charge in [-0.05, 0) is 0 Å². The van der Waals surface area contributed by atoms with Gasteiger partial charge in [0.25, 0.3) is 5.56 Å². The van der Waals surface area contributed by atoms with Gasteiger partial charge < -0.3 is 9.88 Å². The van der Waals surface area contributed by atoms with E-state index in [1.54, 1.807) is 42.5 Å². The van der Waals surface area contributed by atoms with Crippen LogP contribution in [0, 0.1) is 0 Å². The molecule has 2 aromatic heterocycles. The first-order valence-corrected chi connectivity index (χ1v) is 5.28. The number of thiazole rings is 1. The molecule has 78 valence electrons. The Balaban J connectivity index is 2.12. The van der Waals surface area contributed by atoms with Crippen LogP contribution in [-0.4, -0.2) is 14.5 Å². The highest BCUT2D eigenvalue weighted by atomic mass is 32.1. The van der Waals surface area contributed by atoms with E-state index in [4.69, 9.17) is 0 Å². The summed E-state index contributed by atoms with van der Waals surface area (Å²) in [5.74, 6) is 0.369. The van der Waals surface area contributed by atoms with Crippen molar-refractivity contribution >= 4 is 17.2 Å². The van der Waals surface area contributed by atoms with Gasteiger partial charge in [0, 0.05) is 30.5 Å². The van der Waals surface area contributed by atoms with Crippen LogP contribution in [0.5, 0.6) is 0 Å². The van der Waals surface area contributed by atoms with Crippen molar-refractivity contribution in [3.63, 3.8) is 0 Å². The fraction of sp³-hybridized carbons (Fsp3) is 0.222. The van der Waals surface area contributed by atoms with Gasteiger partial charge >= 0.3 is 0 Å². The highest BCUT2D eigenvalue weighted by Crippen LogP contribution is 2.06. The molecular formula is C9H10N4OS. The van der Waals surface area contributed by atoms with E-state index in [2.05, 4.69) is 15.3 Å². The minimum absolute atomic E-state index is 0.123. The molecule has 0 aliphatic heterocycles. The first-order valence-electron chi connectivity index (χ1n) is 4.40. The number of aromatic nitrogens is 3. The van der Waals surface area contributed by atoms with Gasteiger partial charge in [-0.15, -0.1) is 11.3 Å². The van der Waals surface area contributed by atoms with Crippen molar-refractivity contribution in [2.24, 2.45) is 7.05 Å². The molecule has 0 radical (unpaired) electrons. The number of hydrogen-bond acceptors (Lipinski definition) is 5. The molecule has 6 heteroatoms. The average Bonchev–Trinajstić information content (AvgIpc) is 2.73. The maximum Gasteiger partial charge on any atom is 0.293 e. The summed E-state index contributed by atoms with van der Waals surface area (Å²) in [5, 5.41) is 2.98. The van der Waals surface area contributed by atoms with Gasteiger partial charge in [-0.3, -0.25) is 9.78 Å². The Labute approximate surface area is 90.4 Å². The van der Waals surface area contributed by atoms with Gasteiger partial charge in [0.05, 0.1) is 12.1 Å². The first-order chi connectivity index (χ1) is 7.27. The molecule has 0 saturated carbocycles. The van der Waals surface area contributed by atoms with E-state index >= 15 is 0 Å². The largest absolute Gasteiger partial charge is 0.361 e. The molecule has 0 aliphatic rings. The molecule has 0 atom stereocenters. The molecular weight excluding hydrogens is 212 g/mol. The standard InChI is InChI=1S/C9H10N4OS/c1-13-3-2-11-8(9(13)14)12-5-7-4-10-6-15-7/h2-4,6H,5H2,1H3,(H,11,12). The summed E-state index contributed by atoms with van der Waals surface area (Å²) in [5.41, 5.74) is 1.63. The van der Waals surface area contributed by atoms with Gasteiger partial charge in [0.15, 0.2) is 5.82 Å². The van der Waals surface area contributed by atoms with Crippen LogP contribution < -0.4 is 10.9 Å². The molecule has 0 aliphatic carbocycles.